The molecule has 1 atom stereocenters. The molecule has 1 saturated heterocycles. The van der Waals surface area contributed by atoms with Crippen molar-refractivity contribution in [1.29, 1.82) is 0 Å². The number of carbonyl (C=O) groups excluding carboxylic acids is 2. The number of H-pyrrole nitrogens is 1. The predicted molar refractivity (Wildman–Crippen MR) is 97.4 cm³/mol. The number of pyridine rings is 1. The van der Waals surface area contributed by atoms with Crippen molar-refractivity contribution in [3.63, 3.8) is 0 Å². The molecule has 9 heteroatoms. The summed E-state index contributed by atoms with van der Waals surface area (Å²) in [5.74, 6) is 0.701. The van der Waals surface area contributed by atoms with Crippen molar-refractivity contribution in [2.45, 2.75) is 24.4 Å². The number of piperidine rings is 1. The van der Waals surface area contributed by atoms with Crippen LogP contribution in [0.5, 0.6) is 0 Å². The zero-order valence-electron chi connectivity index (χ0n) is 14.4. The van der Waals surface area contributed by atoms with E-state index in [1.807, 2.05) is 18.2 Å². The number of nitrogens with one attached hydrogen (secondary N) is 2. The molecule has 0 bridgehead atoms. The monoisotopic (exact) mass is 374 g/mol. The van der Waals surface area contributed by atoms with Crippen LogP contribution in [0.2, 0.25) is 0 Å². The van der Waals surface area contributed by atoms with E-state index in [2.05, 4.69) is 25.5 Å². The summed E-state index contributed by atoms with van der Waals surface area (Å²) < 4.78 is 0. The number of rotatable bonds is 8. The van der Waals surface area contributed by atoms with Gasteiger partial charge in [-0.15, -0.1) is 0 Å². The first-order valence-electron chi connectivity index (χ1n) is 8.66. The van der Waals surface area contributed by atoms with Gasteiger partial charge < -0.3 is 10.2 Å². The lowest BCUT2D eigenvalue weighted by Crippen LogP contribution is -2.46. The van der Waals surface area contributed by atoms with Crippen molar-refractivity contribution in [3.8, 4) is 0 Å². The molecule has 0 aromatic carbocycles. The lowest BCUT2D eigenvalue weighted by Gasteiger charge is -2.32. The van der Waals surface area contributed by atoms with Crippen molar-refractivity contribution in [2.75, 3.05) is 25.4 Å². The van der Waals surface area contributed by atoms with Gasteiger partial charge in [0.2, 0.25) is 11.8 Å². The lowest BCUT2D eigenvalue weighted by atomic mass is 9.96. The second-order valence-corrected chi connectivity index (χ2v) is 7.16. The molecule has 1 fully saturated rings. The Bertz CT molecular complexity index is 709. The average Bonchev–Trinajstić information content (AvgIpc) is 3.19. The van der Waals surface area contributed by atoms with Gasteiger partial charge in [-0.3, -0.25) is 19.7 Å². The molecule has 3 heterocycles. The second kappa shape index (κ2) is 9.33. The zero-order chi connectivity index (χ0) is 18.2. The van der Waals surface area contributed by atoms with Crippen LogP contribution in [0.4, 0.5) is 0 Å². The third kappa shape index (κ3) is 5.29. The van der Waals surface area contributed by atoms with Gasteiger partial charge in [0.05, 0.1) is 5.92 Å². The summed E-state index contributed by atoms with van der Waals surface area (Å²) in [7, 11) is 0. The summed E-state index contributed by atoms with van der Waals surface area (Å²) in [6.45, 7) is 1.64. The molecule has 0 radical (unpaired) electrons. The maximum absolute atomic E-state index is 12.4. The molecule has 2 amide bonds. The van der Waals surface area contributed by atoms with Crippen molar-refractivity contribution < 1.29 is 9.59 Å². The predicted octanol–water partition coefficient (Wildman–Crippen LogP) is 0.889. The van der Waals surface area contributed by atoms with Gasteiger partial charge in [0, 0.05) is 50.1 Å². The van der Waals surface area contributed by atoms with E-state index in [0.29, 0.717) is 38.9 Å². The molecule has 26 heavy (non-hydrogen) atoms. The first-order chi connectivity index (χ1) is 12.7. The van der Waals surface area contributed by atoms with E-state index in [4.69, 9.17) is 0 Å². The third-order valence-electron chi connectivity index (χ3n) is 4.27. The van der Waals surface area contributed by atoms with Crippen LogP contribution in [0, 0.1) is 5.92 Å². The maximum Gasteiger partial charge on any atom is 0.224 e. The summed E-state index contributed by atoms with van der Waals surface area (Å²) in [6.07, 6.45) is 4.95. The number of aromatic nitrogens is 4. The molecule has 138 valence electrons. The maximum atomic E-state index is 12.4. The highest BCUT2D eigenvalue weighted by Gasteiger charge is 2.29. The van der Waals surface area contributed by atoms with E-state index in [1.165, 1.54) is 18.1 Å². The second-order valence-electron chi connectivity index (χ2n) is 6.08. The van der Waals surface area contributed by atoms with Crippen LogP contribution in [-0.4, -0.2) is 62.3 Å². The number of amides is 2. The van der Waals surface area contributed by atoms with Crippen LogP contribution in [0.25, 0.3) is 0 Å². The quantitative estimate of drug-likeness (QED) is 0.525. The van der Waals surface area contributed by atoms with E-state index in [-0.39, 0.29) is 17.7 Å². The van der Waals surface area contributed by atoms with Crippen molar-refractivity contribution in [1.82, 2.24) is 30.4 Å². The van der Waals surface area contributed by atoms with Gasteiger partial charge in [0.25, 0.3) is 0 Å². The summed E-state index contributed by atoms with van der Waals surface area (Å²) >= 11 is 1.51. The van der Waals surface area contributed by atoms with E-state index in [1.54, 1.807) is 11.1 Å². The van der Waals surface area contributed by atoms with E-state index in [0.717, 1.165) is 16.6 Å². The highest BCUT2D eigenvalue weighted by atomic mass is 32.2. The molecule has 1 aliphatic heterocycles. The van der Waals surface area contributed by atoms with Gasteiger partial charge in [0.15, 0.2) is 5.16 Å². The van der Waals surface area contributed by atoms with Crippen molar-refractivity contribution in [2.24, 2.45) is 5.92 Å². The molecule has 0 aliphatic carbocycles. The molecule has 1 aliphatic rings. The van der Waals surface area contributed by atoms with Crippen LogP contribution in [-0.2, 0) is 16.0 Å². The molecular weight excluding hydrogens is 352 g/mol. The van der Waals surface area contributed by atoms with Crippen molar-refractivity contribution in [3.05, 3.63) is 36.4 Å². The topological polar surface area (TPSA) is 104 Å². The smallest absolute Gasteiger partial charge is 0.224 e. The van der Waals surface area contributed by atoms with Crippen LogP contribution in [0.1, 0.15) is 18.5 Å². The number of carbonyl (C=O) groups is 2. The Hall–Kier alpha value is -2.42. The summed E-state index contributed by atoms with van der Waals surface area (Å²) in [4.78, 5) is 34.6. The lowest BCUT2D eigenvalue weighted by molar-refractivity contribution is -0.138. The molecule has 3 rings (SSSR count). The first-order valence-corrected chi connectivity index (χ1v) is 9.64. The fraction of sp³-hybridized carbons (Fsp3) is 0.471. The Morgan fingerprint density at radius 2 is 2.31 bits per heavy atom. The molecule has 8 nitrogen and oxygen atoms in total. The number of hydrogen-bond acceptors (Lipinski definition) is 6. The third-order valence-corrected chi connectivity index (χ3v) is 5.15. The van der Waals surface area contributed by atoms with Gasteiger partial charge in [-0.25, -0.2) is 4.98 Å². The van der Waals surface area contributed by atoms with Gasteiger partial charge in [-0.1, -0.05) is 17.8 Å². The standard InChI is InChI=1S/C17H22N6O2S/c24-15-5-4-13(11-23(15)9-6-14-3-1-2-7-18-14)16(25)19-8-10-26-17-20-12-21-22-17/h1-3,7,12-13H,4-6,8-11H2,(H,19,25)(H,20,21,22). The molecule has 1 unspecified atom stereocenters. The van der Waals surface area contributed by atoms with Crippen LogP contribution < -0.4 is 5.32 Å². The van der Waals surface area contributed by atoms with Gasteiger partial charge in [-0.05, 0) is 18.6 Å². The normalized spacial score (nSPS) is 17.3. The average molecular weight is 374 g/mol. The van der Waals surface area contributed by atoms with Crippen LogP contribution >= 0.6 is 11.8 Å². The number of hydrogen-bond donors (Lipinski definition) is 2. The molecule has 0 spiro atoms. The van der Waals surface area contributed by atoms with E-state index in [9.17, 15) is 9.59 Å². The summed E-state index contributed by atoms with van der Waals surface area (Å²) in [5.41, 5.74) is 0.955. The molecule has 0 saturated carbocycles. The minimum Gasteiger partial charge on any atom is -0.355 e. The SMILES string of the molecule is O=C(NCCSc1ncn[nH]1)C1CCC(=O)N(CCc2ccccn2)C1. The highest BCUT2D eigenvalue weighted by Crippen LogP contribution is 2.18. The Morgan fingerprint density at radius 1 is 1.38 bits per heavy atom. The fourth-order valence-corrected chi connectivity index (χ4v) is 3.51. The summed E-state index contributed by atoms with van der Waals surface area (Å²) in [6, 6.07) is 5.76. The Labute approximate surface area is 156 Å². The minimum absolute atomic E-state index is 0.0125. The fourth-order valence-electron chi connectivity index (χ4n) is 2.87. The van der Waals surface area contributed by atoms with Crippen molar-refractivity contribution >= 4 is 23.6 Å². The van der Waals surface area contributed by atoms with E-state index >= 15 is 0 Å². The number of thioether (sulfide) groups is 1. The molecule has 2 N–H and O–H groups in total. The number of nitrogens with zero attached hydrogens (tertiary/aromatic N) is 4. The number of likely N-dealkylation sites (tertiary alicyclic amines) is 1. The van der Waals surface area contributed by atoms with E-state index < -0.39 is 0 Å². The minimum atomic E-state index is -0.147. The largest absolute Gasteiger partial charge is 0.355 e. The Balaban J connectivity index is 1.41. The van der Waals surface area contributed by atoms with Gasteiger partial charge in [0.1, 0.15) is 6.33 Å². The number of aromatic amines is 1. The molecule has 2 aromatic rings. The van der Waals surface area contributed by atoms with Crippen LogP contribution in [0.3, 0.4) is 0 Å². The molecular formula is C17H22N6O2S. The zero-order valence-corrected chi connectivity index (χ0v) is 15.2. The van der Waals surface area contributed by atoms with Gasteiger partial charge in [-0.2, -0.15) is 5.10 Å². The van der Waals surface area contributed by atoms with Gasteiger partial charge >= 0.3 is 0 Å². The van der Waals surface area contributed by atoms with Crippen LogP contribution in [0.15, 0.2) is 35.9 Å². The Kier molecular flexibility index (Phi) is 6.59. The highest BCUT2D eigenvalue weighted by molar-refractivity contribution is 7.99. The summed E-state index contributed by atoms with van der Waals surface area (Å²) in [5, 5.41) is 10.2. The molecule has 2 aromatic heterocycles. The Morgan fingerprint density at radius 3 is 3.08 bits per heavy atom. The first kappa shape index (κ1) is 18.4.